The van der Waals surface area contributed by atoms with Crippen LogP contribution in [0.15, 0.2) is 48.7 Å². The summed E-state index contributed by atoms with van der Waals surface area (Å²) < 4.78 is 10.9. The van der Waals surface area contributed by atoms with Gasteiger partial charge in [0.25, 0.3) is 0 Å². The second kappa shape index (κ2) is 4.49. The van der Waals surface area contributed by atoms with E-state index in [0.29, 0.717) is 6.79 Å². The Morgan fingerprint density at radius 3 is 2.70 bits per heavy atom. The topological polar surface area (TPSA) is 47.1 Å². The van der Waals surface area contributed by atoms with Crippen LogP contribution in [0.4, 0.5) is 0 Å². The third-order valence-electron chi connectivity index (χ3n) is 4.42. The van der Waals surface area contributed by atoms with Gasteiger partial charge in [-0.05, 0) is 48.4 Å². The molecule has 2 aromatic heterocycles. The van der Waals surface area contributed by atoms with E-state index in [2.05, 4.69) is 40.3 Å². The Hall–Kier alpha value is -3.01. The van der Waals surface area contributed by atoms with Crippen LogP contribution in [-0.4, -0.2) is 16.8 Å². The second-order valence-corrected chi connectivity index (χ2v) is 5.77. The van der Waals surface area contributed by atoms with Crippen molar-refractivity contribution in [2.24, 2.45) is 0 Å². The van der Waals surface area contributed by atoms with Gasteiger partial charge in [-0.3, -0.25) is 4.98 Å². The van der Waals surface area contributed by atoms with Crippen LogP contribution in [0.2, 0.25) is 0 Å². The standard InChI is InChI=1S/C19H14N2O2/c1-11-19-14(6-7-20-11)15-8-12(2-4-16(15)21-19)13-3-5-17-18(9-13)23-10-22-17/h2-9,21H,10H2,1H3. The van der Waals surface area contributed by atoms with Crippen molar-refractivity contribution in [3.05, 3.63) is 54.4 Å². The van der Waals surface area contributed by atoms with Crippen LogP contribution in [0.3, 0.4) is 0 Å². The van der Waals surface area contributed by atoms with Crippen LogP contribution in [0.25, 0.3) is 32.9 Å². The lowest BCUT2D eigenvalue weighted by Gasteiger charge is -2.04. The molecule has 112 valence electrons. The van der Waals surface area contributed by atoms with Gasteiger partial charge < -0.3 is 14.5 Å². The first-order valence-electron chi connectivity index (χ1n) is 7.57. The molecule has 4 aromatic rings. The molecule has 0 aliphatic carbocycles. The van der Waals surface area contributed by atoms with Gasteiger partial charge in [0.05, 0.1) is 11.2 Å². The number of aryl methyl sites for hydroxylation is 1. The number of fused-ring (bicyclic) bond motifs is 4. The second-order valence-electron chi connectivity index (χ2n) is 5.77. The first-order chi connectivity index (χ1) is 11.3. The lowest BCUT2D eigenvalue weighted by atomic mass is 10.0. The van der Waals surface area contributed by atoms with Gasteiger partial charge in [-0.15, -0.1) is 0 Å². The Bertz CT molecular complexity index is 1070. The molecule has 4 heteroatoms. The van der Waals surface area contributed by atoms with Crippen molar-refractivity contribution in [2.45, 2.75) is 6.92 Å². The van der Waals surface area contributed by atoms with Crippen LogP contribution in [0.1, 0.15) is 5.69 Å². The molecular weight excluding hydrogens is 288 g/mol. The highest BCUT2D eigenvalue weighted by atomic mass is 16.7. The number of nitrogens with zero attached hydrogens (tertiary/aromatic N) is 1. The zero-order valence-electron chi connectivity index (χ0n) is 12.6. The average molecular weight is 302 g/mol. The van der Waals surface area contributed by atoms with Crippen molar-refractivity contribution in [3.8, 4) is 22.6 Å². The predicted octanol–water partition coefficient (Wildman–Crippen LogP) is 4.42. The van der Waals surface area contributed by atoms with Crippen molar-refractivity contribution in [3.63, 3.8) is 0 Å². The van der Waals surface area contributed by atoms with Gasteiger partial charge in [-0.25, -0.2) is 0 Å². The average Bonchev–Trinajstić information content (AvgIpc) is 3.18. The molecule has 0 amide bonds. The lowest BCUT2D eigenvalue weighted by molar-refractivity contribution is 0.174. The third kappa shape index (κ3) is 1.81. The van der Waals surface area contributed by atoms with Crippen LogP contribution >= 0.6 is 0 Å². The molecule has 1 N–H and O–H groups in total. The fraction of sp³-hybridized carbons (Fsp3) is 0.105. The van der Waals surface area contributed by atoms with E-state index in [9.17, 15) is 0 Å². The molecule has 0 bridgehead atoms. The van der Waals surface area contributed by atoms with Gasteiger partial charge in [0.1, 0.15) is 0 Å². The van der Waals surface area contributed by atoms with Gasteiger partial charge in [0, 0.05) is 22.5 Å². The summed E-state index contributed by atoms with van der Waals surface area (Å²) in [5.74, 6) is 1.62. The van der Waals surface area contributed by atoms with Crippen molar-refractivity contribution >= 4 is 21.8 Å². The van der Waals surface area contributed by atoms with Crippen molar-refractivity contribution in [1.82, 2.24) is 9.97 Å². The van der Waals surface area contributed by atoms with E-state index >= 15 is 0 Å². The smallest absolute Gasteiger partial charge is 0.231 e. The van der Waals surface area contributed by atoms with Gasteiger partial charge in [0.2, 0.25) is 6.79 Å². The number of hydrogen-bond acceptors (Lipinski definition) is 3. The van der Waals surface area contributed by atoms with E-state index in [-0.39, 0.29) is 0 Å². The number of aromatic nitrogens is 2. The minimum atomic E-state index is 0.298. The molecule has 5 rings (SSSR count). The molecule has 0 spiro atoms. The monoisotopic (exact) mass is 302 g/mol. The molecule has 23 heavy (non-hydrogen) atoms. The summed E-state index contributed by atoms with van der Waals surface area (Å²) in [4.78, 5) is 7.82. The molecule has 1 aliphatic rings. The van der Waals surface area contributed by atoms with E-state index in [1.54, 1.807) is 0 Å². The van der Waals surface area contributed by atoms with E-state index < -0.39 is 0 Å². The highest BCUT2D eigenvalue weighted by Crippen LogP contribution is 2.37. The molecule has 0 saturated carbocycles. The SMILES string of the molecule is Cc1nccc2c1[nH]c1ccc(-c3ccc4c(c3)OCO4)cc12. The zero-order valence-corrected chi connectivity index (χ0v) is 12.6. The van der Waals surface area contributed by atoms with Gasteiger partial charge in [-0.2, -0.15) is 0 Å². The van der Waals surface area contributed by atoms with Crippen LogP contribution < -0.4 is 9.47 Å². The van der Waals surface area contributed by atoms with Crippen molar-refractivity contribution in [1.29, 1.82) is 0 Å². The van der Waals surface area contributed by atoms with Crippen molar-refractivity contribution in [2.75, 3.05) is 6.79 Å². The van der Waals surface area contributed by atoms with E-state index in [0.717, 1.165) is 39.4 Å². The van der Waals surface area contributed by atoms with Crippen LogP contribution in [-0.2, 0) is 0 Å². The highest BCUT2D eigenvalue weighted by Gasteiger charge is 2.14. The Morgan fingerprint density at radius 2 is 1.74 bits per heavy atom. The van der Waals surface area contributed by atoms with Gasteiger partial charge in [0.15, 0.2) is 11.5 Å². The number of ether oxygens (including phenoxy) is 2. The maximum Gasteiger partial charge on any atom is 0.231 e. The first kappa shape index (κ1) is 12.5. The molecule has 2 aromatic carbocycles. The summed E-state index contributed by atoms with van der Waals surface area (Å²) >= 11 is 0. The first-order valence-corrected chi connectivity index (χ1v) is 7.57. The molecular formula is C19H14N2O2. The largest absolute Gasteiger partial charge is 0.454 e. The van der Waals surface area contributed by atoms with E-state index in [4.69, 9.17) is 9.47 Å². The predicted molar refractivity (Wildman–Crippen MR) is 89.9 cm³/mol. The summed E-state index contributed by atoms with van der Waals surface area (Å²) in [5.41, 5.74) is 5.52. The normalized spacial score (nSPS) is 13.1. The van der Waals surface area contributed by atoms with E-state index in [1.807, 2.05) is 25.3 Å². The molecule has 0 atom stereocenters. The fourth-order valence-electron chi connectivity index (χ4n) is 3.22. The van der Waals surface area contributed by atoms with Crippen LogP contribution in [0, 0.1) is 6.92 Å². The minimum absolute atomic E-state index is 0.298. The summed E-state index contributed by atoms with van der Waals surface area (Å²) in [6.45, 7) is 2.32. The molecule has 1 aliphatic heterocycles. The zero-order chi connectivity index (χ0) is 15.4. The number of benzene rings is 2. The number of H-pyrrole nitrogens is 1. The highest BCUT2D eigenvalue weighted by molar-refractivity contribution is 6.09. The Morgan fingerprint density at radius 1 is 0.913 bits per heavy atom. The molecule has 0 fully saturated rings. The lowest BCUT2D eigenvalue weighted by Crippen LogP contribution is -1.92. The van der Waals surface area contributed by atoms with Gasteiger partial charge >= 0.3 is 0 Å². The summed E-state index contributed by atoms with van der Waals surface area (Å²) in [5, 5.41) is 2.41. The number of nitrogens with one attached hydrogen (secondary N) is 1. The molecule has 3 heterocycles. The summed E-state index contributed by atoms with van der Waals surface area (Å²) in [6.07, 6.45) is 1.86. The Balaban J connectivity index is 1.73. The third-order valence-corrected chi connectivity index (χ3v) is 4.42. The van der Waals surface area contributed by atoms with Gasteiger partial charge in [-0.1, -0.05) is 12.1 Å². The number of aromatic amines is 1. The quantitative estimate of drug-likeness (QED) is 0.566. The Kier molecular flexibility index (Phi) is 2.45. The maximum atomic E-state index is 5.48. The molecule has 0 radical (unpaired) electrons. The molecule has 4 nitrogen and oxygen atoms in total. The van der Waals surface area contributed by atoms with Crippen LogP contribution in [0.5, 0.6) is 11.5 Å². The Labute approximate surface area is 132 Å². The number of pyridine rings is 1. The number of rotatable bonds is 1. The van der Waals surface area contributed by atoms with Crippen molar-refractivity contribution < 1.29 is 9.47 Å². The minimum Gasteiger partial charge on any atom is -0.454 e. The molecule has 0 saturated heterocycles. The maximum absolute atomic E-state index is 5.48. The number of hydrogen-bond donors (Lipinski definition) is 1. The summed E-state index contributed by atoms with van der Waals surface area (Å²) in [7, 11) is 0. The fourth-order valence-corrected chi connectivity index (χ4v) is 3.22. The van der Waals surface area contributed by atoms with E-state index in [1.165, 1.54) is 10.8 Å². The summed E-state index contributed by atoms with van der Waals surface area (Å²) in [6, 6.07) is 14.6. The molecule has 0 unspecified atom stereocenters.